The van der Waals surface area contributed by atoms with Crippen LogP contribution in [-0.4, -0.2) is 36.1 Å². The van der Waals surface area contributed by atoms with Crippen molar-refractivity contribution in [2.45, 2.75) is 45.8 Å². The highest BCUT2D eigenvalue weighted by Crippen LogP contribution is 2.47. The summed E-state index contributed by atoms with van der Waals surface area (Å²) in [5.41, 5.74) is 1.76. The number of carbonyl (C=O) groups excluding carboxylic acids is 1. The van der Waals surface area contributed by atoms with E-state index in [2.05, 4.69) is 0 Å². The van der Waals surface area contributed by atoms with Crippen LogP contribution < -0.4 is 0 Å². The number of likely N-dealkylation sites (tertiary alicyclic amines) is 1. The van der Waals surface area contributed by atoms with E-state index < -0.39 is 0 Å². The second kappa shape index (κ2) is 4.10. The lowest BCUT2D eigenvalue weighted by atomic mass is 9.82. The molecule has 0 aliphatic carbocycles. The maximum atomic E-state index is 12.8. The van der Waals surface area contributed by atoms with Crippen LogP contribution in [-0.2, 0) is 4.74 Å². The van der Waals surface area contributed by atoms with Gasteiger partial charge in [-0.15, -0.1) is 0 Å². The van der Waals surface area contributed by atoms with E-state index in [0.29, 0.717) is 24.0 Å². The highest BCUT2D eigenvalue weighted by Gasteiger charge is 2.54. The molecule has 4 rings (SSSR count). The summed E-state index contributed by atoms with van der Waals surface area (Å²) in [6.45, 7) is 7.49. The van der Waals surface area contributed by atoms with Crippen LogP contribution in [0.25, 0.3) is 0 Å². The minimum absolute atomic E-state index is 0.144. The zero-order valence-electron chi connectivity index (χ0n) is 12.3. The van der Waals surface area contributed by atoms with Gasteiger partial charge in [0.1, 0.15) is 11.5 Å². The van der Waals surface area contributed by atoms with E-state index in [0.717, 1.165) is 35.7 Å². The van der Waals surface area contributed by atoms with Gasteiger partial charge in [0.2, 0.25) is 0 Å². The zero-order valence-corrected chi connectivity index (χ0v) is 12.3. The molecule has 4 nitrogen and oxygen atoms in total. The number of amides is 1. The Hall–Kier alpha value is -1.29. The molecule has 2 bridgehead atoms. The van der Waals surface area contributed by atoms with Crippen LogP contribution in [0.15, 0.2) is 4.42 Å². The lowest BCUT2D eigenvalue weighted by Gasteiger charge is -2.19. The van der Waals surface area contributed by atoms with Crippen LogP contribution in [0.3, 0.4) is 0 Å². The molecule has 108 valence electrons. The van der Waals surface area contributed by atoms with Gasteiger partial charge >= 0.3 is 0 Å². The molecule has 1 aromatic rings. The molecule has 3 aliphatic heterocycles. The monoisotopic (exact) mass is 275 g/mol. The lowest BCUT2D eigenvalue weighted by Crippen LogP contribution is -2.32. The summed E-state index contributed by atoms with van der Waals surface area (Å²) in [6, 6.07) is 0. The van der Waals surface area contributed by atoms with Crippen LogP contribution in [0.5, 0.6) is 0 Å². The first-order valence-electron chi connectivity index (χ1n) is 7.57. The molecule has 20 heavy (non-hydrogen) atoms. The minimum atomic E-state index is 0.144. The predicted molar refractivity (Wildman–Crippen MR) is 73.7 cm³/mol. The van der Waals surface area contributed by atoms with Gasteiger partial charge in [-0.05, 0) is 33.6 Å². The third kappa shape index (κ3) is 1.54. The van der Waals surface area contributed by atoms with Crippen molar-refractivity contribution in [2.24, 2.45) is 11.8 Å². The standard InChI is InChI=1S/C16H21NO3/c1-8-9(2)19-10(3)15(8)16(18)17-6-11-12(7-17)14-5-4-13(11)20-14/h11-14H,4-7H2,1-3H3/t11-,12-,13+,14+/m0/s1. The maximum absolute atomic E-state index is 12.8. The number of aryl methyl sites for hydroxylation is 2. The number of nitrogens with zero attached hydrogens (tertiary/aromatic N) is 1. The van der Waals surface area contributed by atoms with Crippen molar-refractivity contribution < 1.29 is 13.9 Å². The van der Waals surface area contributed by atoms with Gasteiger partial charge in [0.05, 0.1) is 17.8 Å². The van der Waals surface area contributed by atoms with E-state index in [1.807, 2.05) is 25.7 Å². The summed E-state index contributed by atoms with van der Waals surface area (Å²) < 4.78 is 11.6. The van der Waals surface area contributed by atoms with Gasteiger partial charge < -0.3 is 14.1 Å². The van der Waals surface area contributed by atoms with Crippen LogP contribution in [0.1, 0.15) is 40.3 Å². The SMILES string of the molecule is Cc1oc(C)c(C(=O)N2C[C@H]3[C@H](C2)[C@H]2CC[C@H]3O2)c1C. The van der Waals surface area contributed by atoms with Gasteiger partial charge in [0, 0.05) is 30.5 Å². The first-order chi connectivity index (χ1) is 9.56. The van der Waals surface area contributed by atoms with Crippen molar-refractivity contribution in [2.75, 3.05) is 13.1 Å². The van der Waals surface area contributed by atoms with Crippen molar-refractivity contribution >= 4 is 5.91 Å². The molecule has 0 unspecified atom stereocenters. The third-order valence-electron chi connectivity index (χ3n) is 5.52. The highest BCUT2D eigenvalue weighted by molar-refractivity contribution is 5.97. The van der Waals surface area contributed by atoms with Gasteiger partial charge in [0.25, 0.3) is 5.91 Å². The average Bonchev–Trinajstić information content (AvgIpc) is 3.13. The fraction of sp³-hybridized carbons (Fsp3) is 0.688. The Morgan fingerprint density at radius 2 is 1.65 bits per heavy atom. The molecule has 3 aliphatic rings. The molecule has 1 aromatic heterocycles. The Morgan fingerprint density at radius 3 is 2.15 bits per heavy atom. The first kappa shape index (κ1) is 12.5. The largest absolute Gasteiger partial charge is 0.466 e. The molecule has 0 N–H and O–H groups in total. The second-order valence-corrected chi connectivity index (χ2v) is 6.54. The Bertz CT molecular complexity index is 559. The molecule has 4 atom stereocenters. The number of fused-ring (bicyclic) bond motifs is 5. The third-order valence-corrected chi connectivity index (χ3v) is 5.52. The van der Waals surface area contributed by atoms with Crippen LogP contribution in [0, 0.1) is 32.6 Å². The lowest BCUT2D eigenvalue weighted by molar-refractivity contribution is 0.0593. The number of ether oxygens (including phenoxy) is 1. The highest BCUT2D eigenvalue weighted by atomic mass is 16.5. The summed E-state index contributed by atoms with van der Waals surface area (Å²) in [7, 11) is 0. The Labute approximate surface area is 119 Å². The average molecular weight is 275 g/mol. The Kier molecular flexibility index (Phi) is 2.56. The fourth-order valence-electron chi connectivity index (χ4n) is 4.39. The van der Waals surface area contributed by atoms with Crippen molar-refractivity contribution in [1.29, 1.82) is 0 Å². The summed E-state index contributed by atoms with van der Waals surface area (Å²) in [5.74, 6) is 2.87. The smallest absolute Gasteiger partial charge is 0.257 e. The molecule has 4 heterocycles. The normalized spacial score (nSPS) is 34.9. The van der Waals surface area contributed by atoms with Gasteiger partial charge in [-0.1, -0.05) is 0 Å². The van der Waals surface area contributed by atoms with Crippen LogP contribution in [0.2, 0.25) is 0 Å². The summed E-state index contributed by atoms with van der Waals surface area (Å²) >= 11 is 0. The van der Waals surface area contributed by atoms with E-state index in [9.17, 15) is 4.79 Å². The Balaban J connectivity index is 1.59. The molecular weight excluding hydrogens is 254 g/mol. The number of hydrogen-bond acceptors (Lipinski definition) is 3. The second-order valence-electron chi connectivity index (χ2n) is 6.54. The van der Waals surface area contributed by atoms with Crippen molar-refractivity contribution in [3.63, 3.8) is 0 Å². The maximum Gasteiger partial charge on any atom is 0.257 e. The van der Waals surface area contributed by atoms with E-state index in [1.165, 1.54) is 12.8 Å². The van der Waals surface area contributed by atoms with Crippen molar-refractivity contribution in [3.05, 3.63) is 22.6 Å². The Morgan fingerprint density at radius 1 is 1.05 bits per heavy atom. The van der Waals surface area contributed by atoms with Crippen molar-refractivity contribution in [1.82, 2.24) is 4.90 Å². The van der Waals surface area contributed by atoms with Gasteiger partial charge in [-0.25, -0.2) is 0 Å². The predicted octanol–water partition coefficient (Wildman–Crippen LogP) is 2.45. The quantitative estimate of drug-likeness (QED) is 0.790. The number of rotatable bonds is 1. The zero-order chi connectivity index (χ0) is 14.0. The topological polar surface area (TPSA) is 42.7 Å². The summed E-state index contributed by atoms with van der Waals surface area (Å²) in [4.78, 5) is 14.8. The molecule has 1 amide bonds. The molecule has 3 fully saturated rings. The summed E-state index contributed by atoms with van der Waals surface area (Å²) in [5, 5.41) is 0. The molecular formula is C16H21NO3. The molecule has 4 heteroatoms. The molecule has 3 saturated heterocycles. The molecule has 0 spiro atoms. The van der Waals surface area contributed by atoms with Gasteiger partial charge in [-0.3, -0.25) is 4.79 Å². The minimum Gasteiger partial charge on any atom is -0.466 e. The number of furan rings is 1. The van der Waals surface area contributed by atoms with Crippen LogP contribution >= 0.6 is 0 Å². The number of carbonyl (C=O) groups is 1. The van der Waals surface area contributed by atoms with E-state index in [1.54, 1.807) is 0 Å². The van der Waals surface area contributed by atoms with Crippen LogP contribution in [0.4, 0.5) is 0 Å². The first-order valence-corrected chi connectivity index (χ1v) is 7.57. The van der Waals surface area contributed by atoms with Gasteiger partial charge in [0.15, 0.2) is 0 Å². The molecule has 0 saturated carbocycles. The number of hydrogen-bond donors (Lipinski definition) is 0. The summed E-state index contributed by atoms with van der Waals surface area (Å²) in [6.07, 6.45) is 3.15. The van der Waals surface area contributed by atoms with Gasteiger partial charge in [-0.2, -0.15) is 0 Å². The van der Waals surface area contributed by atoms with E-state index in [4.69, 9.17) is 9.15 Å². The van der Waals surface area contributed by atoms with Crippen molar-refractivity contribution in [3.8, 4) is 0 Å². The molecule has 0 aromatic carbocycles. The fourth-order valence-corrected chi connectivity index (χ4v) is 4.39. The molecule has 0 radical (unpaired) electrons. The van der Waals surface area contributed by atoms with E-state index in [-0.39, 0.29) is 5.91 Å². The van der Waals surface area contributed by atoms with E-state index >= 15 is 0 Å².